The molecule has 0 aliphatic rings. The molecule has 0 aliphatic carbocycles. The van der Waals surface area contributed by atoms with Gasteiger partial charge in [0.25, 0.3) is 0 Å². The van der Waals surface area contributed by atoms with E-state index in [1.54, 1.807) is 24.6 Å². The van der Waals surface area contributed by atoms with Crippen molar-refractivity contribution in [1.29, 1.82) is 0 Å². The zero-order valence-electron chi connectivity index (χ0n) is 20.4. The van der Waals surface area contributed by atoms with Crippen LogP contribution in [0.5, 0.6) is 0 Å². The third-order valence-electron chi connectivity index (χ3n) is 6.78. The normalized spacial score (nSPS) is 13.5. The van der Waals surface area contributed by atoms with E-state index in [0.29, 0.717) is 0 Å². The molecular formula is C26H56IP. The van der Waals surface area contributed by atoms with E-state index < -0.39 is 4.25 Å². The first-order valence-electron chi connectivity index (χ1n) is 13.3. The number of halogens is 1. The summed E-state index contributed by atoms with van der Waals surface area (Å²) in [5.41, 5.74) is 0. The van der Waals surface area contributed by atoms with E-state index in [-0.39, 0.29) is 0 Å². The van der Waals surface area contributed by atoms with Crippen molar-refractivity contribution in [3.05, 3.63) is 0 Å². The van der Waals surface area contributed by atoms with E-state index in [2.05, 4.69) is 49.7 Å². The Morgan fingerprint density at radius 2 is 0.571 bits per heavy atom. The van der Waals surface area contributed by atoms with Gasteiger partial charge in [-0.1, -0.05) is 0 Å². The summed E-state index contributed by atoms with van der Waals surface area (Å²) in [6.45, 7) is 9.43. The van der Waals surface area contributed by atoms with Gasteiger partial charge in [-0.2, -0.15) is 0 Å². The van der Waals surface area contributed by atoms with E-state index in [9.17, 15) is 0 Å². The molecule has 0 saturated heterocycles. The molecule has 0 rings (SSSR count). The van der Waals surface area contributed by atoms with Crippen molar-refractivity contribution in [2.45, 2.75) is 143 Å². The summed E-state index contributed by atoms with van der Waals surface area (Å²) in [5.74, 6) is 0. The molecule has 0 unspecified atom stereocenters. The summed E-state index contributed by atoms with van der Waals surface area (Å²) in [5, 5.41) is 0. The Bertz CT molecular complexity index is 299. The Kier molecular flexibility index (Phi) is 19.7. The zero-order valence-corrected chi connectivity index (χ0v) is 23.4. The molecule has 0 amide bonds. The summed E-state index contributed by atoms with van der Waals surface area (Å²) < 4.78 is -1.51. The van der Waals surface area contributed by atoms with Crippen LogP contribution in [-0.4, -0.2) is 24.6 Å². The van der Waals surface area contributed by atoms with Crippen LogP contribution in [0.25, 0.3) is 0 Å². The average molecular weight is 527 g/mol. The second-order valence-corrected chi connectivity index (χ2v) is 23.3. The number of hydrogen-bond acceptors (Lipinski definition) is 0. The van der Waals surface area contributed by atoms with E-state index in [1.807, 2.05) is 0 Å². The van der Waals surface area contributed by atoms with Crippen molar-refractivity contribution in [2.24, 2.45) is 0 Å². The molecule has 172 valence electrons. The van der Waals surface area contributed by atoms with Gasteiger partial charge < -0.3 is 0 Å². The first kappa shape index (κ1) is 29.2. The molecule has 0 fully saturated rings. The van der Waals surface area contributed by atoms with Gasteiger partial charge in [0.1, 0.15) is 0 Å². The average Bonchev–Trinajstić information content (AvgIpc) is 2.68. The minimum absolute atomic E-state index is 1.37. The third-order valence-corrected chi connectivity index (χ3v) is 18.3. The molecule has 28 heavy (non-hydrogen) atoms. The second kappa shape index (κ2) is 18.9. The summed E-state index contributed by atoms with van der Waals surface area (Å²) in [4.78, 5) is 0. The van der Waals surface area contributed by atoms with Crippen molar-refractivity contribution >= 4 is 26.3 Å². The maximum absolute atomic E-state index is 3.14. The maximum atomic E-state index is 3.14. The van der Waals surface area contributed by atoms with Gasteiger partial charge in [-0.05, 0) is 0 Å². The molecule has 2 heteroatoms. The Morgan fingerprint density at radius 3 is 0.893 bits per heavy atom. The summed E-state index contributed by atoms with van der Waals surface area (Å²) in [7, 11) is 0. The van der Waals surface area contributed by atoms with E-state index >= 15 is 0 Å². The van der Waals surface area contributed by atoms with Crippen molar-refractivity contribution in [1.82, 2.24) is 0 Å². The van der Waals surface area contributed by atoms with Crippen LogP contribution in [-0.2, 0) is 0 Å². The molecule has 0 N–H and O–H groups in total. The molecule has 0 saturated carbocycles. The monoisotopic (exact) mass is 526 g/mol. The fraction of sp³-hybridized carbons (Fsp3) is 1.00. The molecule has 0 aliphatic heterocycles. The standard InChI is InChI=1S/C26H56IP/c1-5-9-13-14-15-16-17-18-22-26-28(27,23-19-10-6-2,24-20-11-7-3)25-21-12-8-4/h5-26H2,1-4H3. The second-order valence-electron chi connectivity index (χ2n) is 9.66. The van der Waals surface area contributed by atoms with Crippen LogP contribution in [0.3, 0.4) is 0 Å². The first-order valence-corrected chi connectivity index (χ1v) is 19.0. The third kappa shape index (κ3) is 15.0. The summed E-state index contributed by atoms with van der Waals surface area (Å²) in [6, 6.07) is 0. The molecule has 0 atom stereocenters. The minimum atomic E-state index is -1.51. The summed E-state index contributed by atoms with van der Waals surface area (Å²) in [6.07, 6.45) is 32.7. The molecule has 0 aromatic rings. The van der Waals surface area contributed by atoms with Gasteiger partial charge in [0.15, 0.2) is 0 Å². The van der Waals surface area contributed by atoms with Gasteiger partial charge in [-0.15, -0.1) is 0 Å². The van der Waals surface area contributed by atoms with Gasteiger partial charge in [0, 0.05) is 0 Å². The number of hydrogen-bond donors (Lipinski definition) is 0. The van der Waals surface area contributed by atoms with E-state index in [1.165, 1.54) is 116 Å². The topological polar surface area (TPSA) is 0 Å². The molecule has 0 bridgehead atoms. The van der Waals surface area contributed by atoms with Crippen LogP contribution in [0.15, 0.2) is 0 Å². The molecular weight excluding hydrogens is 470 g/mol. The Morgan fingerprint density at radius 1 is 0.357 bits per heavy atom. The fourth-order valence-electron chi connectivity index (χ4n) is 4.76. The van der Waals surface area contributed by atoms with Crippen LogP contribution >= 0.6 is 26.3 Å². The van der Waals surface area contributed by atoms with Crippen LogP contribution in [0, 0.1) is 0 Å². The van der Waals surface area contributed by atoms with Crippen LogP contribution in [0.2, 0.25) is 0 Å². The van der Waals surface area contributed by atoms with E-state index in [0.717, 1.165) is 0 Å². The molecule has 0 radical (unpaired) electrons. The number of unbranched alkanes of at least 4 members (excludes halogenated alkanes) is 14. The van der Waals surface area contributed by atoms with Gasteiger partial charge in [0.2, 0.25) is 0 Å². The fourth-order valence-corrected chi connectivity index (χ4v) is 14.3. The van der Waals surface area contributed by atoms with Crippen LogP contribution in [0.1, 0.15) is 143 Å². The van der Waals surface area contributed by atoms with E-state index in [4.69, 9.17) is 0 Å². The SMILES string of the molecule is CCCCCCCCCCCP(I)(CCCCC)(CCCCC)CCCCC. The zero-order chi connectivity index (χ0) is 21.0. The van der Waals surface area contributed by atoms with Crippen molar-refractivity contribution < 1.29 is 0 Å². The molecule has 0 aromatic carbocycles. The number of rotatable bonds is 22. The van der Waals surface area contributed by atoms with Crippen LogP contribution < -0.4 is 0 Å². The Labute approximate surface area is 193 Å². The van der Waals surface area contributed by atoms with Crippen molar-refractivity contribution in [2.75, 3.05) is 24.6 Å². The predicted octanol–water partition coefficient (Wildman–Crippen LogP) is 11.0. The summed E-state index contributed by atoms with van der Waals surface area (Å²) >= 11 is 3.14. The molecule has 0 heterocycles. The van der Waals surface area contributed by atoms with Gasteiger partial charge in [-0.25, -0.2) is 0 Å². The van der Waals surface area contributed by atoms with Crippen LogP contribution in [0.4, 0.5) is 0 Å². The Balaban J connectivity index is 4.59. The molecule has 0 spiro atoms. The van der Waals surface area contributed by atoms with Crippen molar-refractivity contribution in [3.8, 4) is 0 Å². The van der Waals surface area contributed by atoms with Gasteiger partial charge in [0.05, 0.1) is 0 Å². The van der Waals surface area contributed by atoms with Gasteiger partial charge in [-0.3, -0.25) is 0 Å². The van der Waals surface area contributed by atoms with Gasteiger partial charge >= 0.3 is 194 Å². The van der Waals surface area contributed by atoms with Crippen molar-refractivity contribution in [3.63, 3.8) is 0 Å². The molecule has 0 aromatic heterocycles. The first-order chi connectivity index (χ1) is 13.5. The molecule has 0 nitrogen and oxygen atoms in total. The quantitative estimate of drug-likeness (QED) is 0.0748. The predicted molar refractivity (Wildman–Crippen MR) is 146 cm³/mol. The Hall–Kier alpha value is 1.16.